The molecule has 1 atom stereocenters. The minimum Gasteiger partial charge on any atom is -0.377 e. The van der Waals surface area contributed by atoms with Crippen LogP contribution in [0.3, 0.4) is 0 Å². The van der Waals surface area contributed by atoms with Crippen LogP contribution in [0.1, 0.15) is 29.7 Å². The van der Waals surface area contributed by atoms with E-state index in [-0.39, 0.29) is 11.9 Å². The molecule has 1 unspecified atom stereocenters. The Morgan fingerprint density at radius 2 is 1.89 bits per heavy atom. The largest absolute Gasteiger partial charge is 0.377 e. The zero-order valence-electron chi connectivity index (χ0n) is 16.0. The highest BCUT2D eigenvalue weighted by molar-refractivity contribution is 5.18. The highest BCUT2D eigenvalue weighted by Gasteiger charge is 2.21. The Kier molecular flexibility index (Phi) is 6.14. The van der Waals surface area contributed by atoms with Crippen LogP contribution >= 0.6 is 0 Å². The molecule has 5 heteroatoms. The zero-order chi connectivity index (χ0) is 19.2. The van der Waals surface area contributed by atoms with E-state index in [2.05, 4.69) is 26.6 Å². The van der Waals surface area contributed by atoms with Crippen LogP contribution in [-0.2, 0) is 24.4 Å². The first kappa shape index (κ1) is 18.8. The summed E-state index contributed by atoms with van der Waals surface area (Å²) in [5, 5.41) is 0. The molecule has 1 aliphatic rings. The molecule has 0 radical (unpaired) electrons. The number of hydrogen-bond donors (Lipinski definition) is 0. The van der Waals surface area contributed by atoms with Crippen LogP contribution in [-0.4, -0.2) is 33.7 Å². The molecule has 1 aromatic heterocycles. The monoisotopic (exact) mass is 379 g/mol. The van der Waals surface area contributed by atoms with Crippen LogP contribution < -0.4 is 0 Å². The van der Waals surface area contributed by atoms with Crippen molar-refractivity contribution < 1.29 is 9.13 Å². The van der Waals surface area contributed by atoms with Gasteiger partial charge >= 0.3 is 0 Å². The number of hydrogen-bond acceptors (Lipinski definition) is 3. The highest BCUT2D eigenvalue weighted by atomic mass is 19.1. The van der Waals surface area contributed by atoms with Crippen molar-refractivity contribution in [2.75, 3.05) is 13.2 Å². The van der Waals surface area contributed by atoms with Gasteiger partial charge in [0.1, 0.15) is 5.82 Å². The number of nitrogens with zero attached hydrogens (tertiary/aromatic N) is 3. The summed E-state index contributed by atoms with van der Waals surface area (Å²) < 4.78 is 22.2. The number of aromatic nitrogens is 2. The maximum atomic E-state index is 14.2. The molecular weight excluding hydrogens is 353 g/mol. The van der Waals surface area contributed by atoms with Crippen molar-refractivity contribution in [2.45, 2.75) is 38.6 Å². The van der Waals surface area contributed by atoms with Crippen molar-refractivity contribution in [2.24, 2.45) is 0 Å². The van der Waals surface area contributed by atoms with E-state index in [1.165, 1.54) is 11.6 Å². The van der Waals surface area contributed by atoms with Gasteiger partial charge in [0, 0.05) is 44.5 Å². The molecule has 4 rings (SSSR count). The van der Waals surface area contributed by atoms with Crippen LogP contribution in [0.15, 0.2) is 67.1 Å². The van der Waals surface area contributed by atoms with Gasteiger partial charge in [-0.2, -0.15) is 0 Å². The standard InChI is InChI=1S/C23H26FN3O/c24-23-11-5-4-9-20(23)15-26(17-22-10-6-12-28-22)16-21-13-25-18-27(21)14-19-7-2-1-3-8-19/h1-5,7-9,11,13,18,22H,6,10,12,14-17H2. The van der Waals surface area contributed by atoms with Gasteiger partial charge in [-0.15, -0.1) is 0 Å². The first-order valence-electron chi connectivity index (χ1n) is 9.88. The number of rotatable bonds is 8. The highest BCUT2D eigenvalue weighted by Crippen LogP contribution is 2.19. The summed E-state index contributed by atoms with van der Waals surface area (Å²) in [6.07, 6.45) is 6.17. The molecule has 3 aromatic rings. The van der Waals surface area contributed by atoms with E-state index in [9.17, 15) is 4.39 Å². The number of imidazole rings is 1. The third kappa shape index (κ3) is 4.86. The van der Waals surface area contributed by atoms with Gasteiger partial charge in [0.05, 0.1) is 18.1 Å². The van der Waals surface area contributed by atoms with Crippen molar-refractivity contribution in [3.05, 3.63) is 89.8 Å². The minimum atomic E-state index is -0.155. The second kappa shape index (κ2) is 9.13. The Morgan fingerprint density at radius 1 is 1.07 bits per heavy atom. The first-order valence-corrected chi connectivity index (χ1v) is 9.88. The number of halogens is 1. The molecule has 0 bridgehead atoms. The lowest BCUT2D eigenvalue weighted by Crippen LogP contribution is -2.32. The first-order chi connectivity index (χ1) is 13.8. The normalized spacial score (nSPS) is 16.7. The van der Waals surface area contributed by atoms with Gasteiger partial charge in [0.15, 0.2) is 0 Å². The second-order valence-electron chi connectivity index (χ2n) is 7.39. The molecule has 146 valence electrons. The van der Waals surface area contributed by atoms with Crippen molar-refractivity contribution in [3.63, 3.8) is 0 Å². The molecule has 1 aliphatic heterocycles. The Bertz CT molecular complexity index is 874. The second-order valence-corrected chi connectivity index (χ2v) is 7.39. The van der Waals surface area contributed by atoms with Crippen LogP contribution in [0, 0.1) is 5.82 Å². The molecule has 4 nitrogen and oxygen atoms in total. The SMILES string of the molecule is Fc1ccccc1CN(Cc1cncn1Cc1ccccc1)CC1CCCO1. The average molecular weight is 379 g/mol. The van der Waals surface area contributed by atoms with Crippen molar-refractivity contribution in [1.29, 1.82) is 0 Å². The van der Waals surface area contributed by atoms with Crippen molar-refractivity contribution in [1.82, 2.24) is 14.5 Å². The molecule has 0 saturated carbocycles. The lowest BCUT2D eigenvalue weighted by atomic mass is 10.1. The summed E-state index contributed by atoms with van der Waals surface area (Å²) in [7, 11) is 0. The lowest BCUT2D eigenvalue weighted by Gasteiger charge is -2.26. The van der Waals surface area contributed by atoms with Crippen LogP contribution in [0.25, 0.3) is 0 Å². The smallest absolute Gasteiger partial charge is 0.127 e. The summed E-state index contributed by atoms with van der Waals surface area (Å²) >= 11 is 0. The Labute approximate surface area is 165 Å². The Balaban J connectivity index is 1.50. The number of benzene rings is 2. The Morgan fingerprint density at radius 3 is 2.68 bits per heavy atom. The maximum Gasteiger partial charge on any atom is 0.127 e. The van der Waals surface area contributed by atoms with Gasteiger partial charge in [-0.1, -0.05) is 48.5 Å². The van der Waals surface area contributed by atoms with Gasteiger partial charge < -0.3 is 9.30 Å². The van der Waals surface area contributed by atoms with Gasteiger partial charge in [0.2, 0.25) is 0 Å². The summed E-state index contributed by atoms with van der Waals surface area (Å²) in [4.78, 5) is 6.63. The average Bonchev–Trinajstić information content (AvgIpc) is 3.37. The molecule has 1 saturated heterocycles. The molecule has 2 heterocycles. The van der Waals surface area contributed by atoms with Crippen molar-refractivity contribution in [3.8, 4) is 0 Å². The van der Waals surface area contributed by atoms with E-state index in [1.54, 1.807) is 6.07 Å². The molecule has 0 amide bonds. The topological polar surface area (TPSA) is 30.3 Å². The molecule has 28 heavy (non-hydrogen) atoms. The summed E-state index contributed by atoms with van der Waals surface area (Å²) in [5.74, 6) is -0.155. The predicted molar refractivity (Wildman–Crippen MR) is 107 cm³/mol. The van der Waals surface area contributed by atoms with Gasteiger partial charge in [-0.05, 0) is 24.5 Å². The third-order valence-corrected chi connectivity index (χ3v) is 5.22. The van der Waals surface area contributed by atoms with E-state index in [1.807, 2.05) is 42.9 Å². The molecule has 2 aromatic carbocycles. The van der Waals surface area contributed by atoms with E-state index in [0.717, 1.165) is 43.8 Å². The predicted octanol–water partition coefficient (Wildman–Crippen LogP) is 4.25. The Hall–Kier alpha value is -2.50. The molecule has 0 N–H and O–H groups in total. The van der Waals surface area contributed by atoms with E-state index in [4.69, 9.17) is 4.74 Å². The fourth-order valence-corrected chi connectivity index (χ4v) is 3.76. The third-order valence-electron chi connectivity index (χ3n) is 5.22. The van der Waals surface area contributed by atoms with Crippen LogP contribution in [0.2, 0.25) is 0 Å². The molecule has 0 spiro atoms. The van der Waals surface area contributed by atoms with E-state index >= 15 is 0 Å². The molecule has 0 aliphatic carbocycles. The van der Waals surface area contributed by atoms with Crippen LogP contribution in [0.5, 0.6) is 0 Å². The molecular formula is C23H26FN3O. The quantitative estimate of drug-likeness (QED) is 0.586. The van der Waals surface area contributed by atoms with E-state index in [0.29, 0.717) is 13.1 Å². The van der Waals surface area contributed by atoms with Gasteiger partial charge in [0.25, 0.3) is 0 Å². The summed E-state index contributed by atoms with van der Waals surface area (Å²) in [6.45, 7) is 3.67. The summed E-state index contributed by atoms with van der Waals surface area (Å²) in [5.41, 5.74) is 3.08. The van der Waals surface area contributed by atoms with Gasteiger partial charge in [-0.3, -0.25) is 4.90 Å². The fourth-order valence-electron chi connectivity index (χ4n) is 3.76. The zero-order valence-corrected chi connectivity index (χ0v) is 16.0. The number of ether oxygens (including phenoxy) is 1. The maximum absolute atomic E-state index is 14.2. The fraction of sp³-hybridized carbons (Fsp3) is 0.348. The van der Waals surface area contributed by atoms with Crippen LogP contribution in [0.4, 0.5) is 4.39 Å². The minimum absolute atomic E-state index is 0.155. The lowest BCUT2D eigenvalue weighted by molar-refractivity contribution is 0.0667. The van der Waals surface area contributed by atoms with E-state index < -0.39 is 0 Å². The van der Waals surface area contributed by atoms with Crippen molar-refractivity contribution >= 4 is 0 Å². The van der Waals surface area contributed by atoms with Gasteiger partial charge in [-0.25, -0.2) is 9.37 Å². The summed E-state index contributed by atoms with van der Waals surface area (Å²) in [6, 6.07) is 17.4. The molecule has 1 fully saturated rings.